The van der Waals surface area contributed by atoms with Gasteiger partial charge in [-0.2, -0.15) is 0 Å². The number of methoxy groups -OCH3 is 1. The molecule has 2 rings (SSSR count). The number of primary amides is 1. The normalized spacial score (nSPS) is 13.7. The van der Waals surface area contributed by atoms with Gasteiger partial charge in [0.05, 0.1) is 36.7 Å². The summed E-state index contributed by atoms with van der Waals surface area (Å²) in [6.07, 6.45) is -0.606. The van der Waals surface area contributed by atoms with Crippen LogP contribution in [0.2, 0.25) is 0 Å². The summed E-state index contributed by atoms with van der Waals surface area (Å²) in [6, 6.07) is 16.2. The van der Waals surface area contributed by atoms with E-state index in [1.54, 1.807) is 7.11 Å². The predicted molar refractivity (Wildman–Crippen MR) is 155 cm³/mol. The maximum atomic E-state index is 13.2. The molecule has 0 saturated carbocycles. The number of ether oxygens (including phenoxy) is 1. The first-order valence-corrected chi connectivity index (χ1v) is 14.7. The quantitative estimate of drug-likeness (QED) is 0.223. The Balaban J connectivity index is 0.00000760. The van der Waals surface area contributed by atoms with Gasteiger partial charge in [0.25, 0.3) is 0 Å². The summed E-state index contributed by atoms with van der Waals surface area (Å²) in [6.45, 7) is 4.48. The second kappa shape index (κ2) is 17.1. The molecule has 5 N–H and O–H groups in total. The third-order valence-corrected chi connectivity index (χ3v) is 7.95. The molecule has 9 nitrogen and oxygen atoms in total. The molecule has 1 unspecified atom stereocenters. The minimum Gasteiger partial charge on any atom is -0.497 e. The van der Waals surface area contributed by atoms with Gasteiger partial charge in [-0.05, 0) is 42.0 Å². The van der Waals surface area contributed by atoms with E-state index in [1.807, 2.05) is 68.4 Å². The monoisotopic (exact) mass is 583 g/mol. The summed E-state index contributed by atoms with van der Waals surface area (Å²) in [5, 5.41) is 17.0. The summed E-state index contributed by atoms with van der Waals surface area (Å²) in [7, 11) is -1.99. The maximum Gasteiger partial charge on any atom is 0.224 e. The van der Waals surface area contributed by atoms with Crippen LogP contribution in [0.25, 0.3) is 0 Å². The molecule has 0 spiro atoms. The molecule has 2 amide bonds. The van der Waals surface area contributed by atoms with Crippen molar-refractivity contribution in [2.24, 2.45) is 17.6 Å². The largest absolute Gasteiger partial charge is 0.497 e. The fourth-order valence-corrected chi connectivity index (χ4v) is 5.90. The van der Waals surface area contributed by atoms with Crippen LogP contribution < -0.4 is 21.1 Å². The summed E-state index contributed by atoms with van der Waals surface area (Å²) in [4.78, 5) is 24.9. The molecule has 2 aromatic rings. The Hall–Kier alpha value is -2.66. The first-order valence-electron chi connectivity index (χ1n) is 12.8. The van der Waals surface area contributed by atoms with E-state index in [9.17, 15) is 23.1 Å². The van der Waals surface area contributed by atoms with Crippen LogP contribution in [-0.2, 0) is 32.4 Å². The van der Waals surface area contributed by atoms with Crippen molar-refractivity contribution in [3.05, 3.63) is 65.7 Å². The summed E-state index contributed by atoms with van der Waals surface area (Å²) in [5.41, 5.74) is 7.20. The number of aliphatic hydroxyl groups is 1. The van der Waals surface area contributed by atoms with Gasteiger partial charge in [0, 0.05) is 19.5 Å². The number of aliphatic hydroxyl groups excluding tert-OH is 1. The molecule has 11 heteroatoms. The molecular formula is C28H42ClN3O6S. The highest BCUT2D eigenvalue weighted by atomic mass is 35.5. The molecule has 0 aromatic heterocycles. The number of hydrogen-bond donors (Lipinski definition) is 4. The smallest absolute Gasteiger partial charge is 0.224 e. The minimum atomic E-state index is -3.59. The molecular weight excluding hydrogens is 542 g/mol. The van der Waals surface area contributed by atoms with E-state index in [1.165, 1.54) is 0 Å². The van der Waals surface area contributed by atoms with Crippen LogP contribution in [0, 0.1) is 11.8 Å². The summed E-state index contributed by atoms with van der Waals surface area (Å²) < 4.78 is 30.6. The number of amides is 2. The van der Waals surface area contributed by atoms with Gasteiger partial charge in [-0.3, -0.25) is 9.59 Å². The number of carbonyl (C=O) groups is 2. The van der Waals surface area contributed by atoms with Crippen molar-refractivity contribution in [3.8, 4) is 5.75 Å². The molecule has 0 saturated heterocycles. The van der Waals surface area contributed by atoms with Crippen molar-refractivity contribution in [1.82, 2.24) is 10.6 Å². The number of carbonyl (C=O) groups excluding carboxylic acids is 2. The number of benzene rings is 2. The van der Waals surface area contributed by atoms with E-state index in [0.29, 0.717) is 19.4 Å². The third kappa shape index (κ3) is 13.3. The fraction of sp³-hybridized carbons (Fsp3) is 0.500. The van der Waals surface area contributed by atoms with Crippen LogP contribution in [0.1, 0.15) is 37.8 Å². The number of nitrogens with two attached hydrogens (primary N) is 1. The average molecular weight is 584 g/mol. The van der Waals surface area contributed by atoms with Crippen LogP contribution in [-0.4, -0.2) is 62.6 Å². The zero-order valence-electron chi connectivity index (χ0n) is 22.8. The molecule has 0 aliphatic carbocycles. The van der Waals surface area contributed by atoms with E-state index in [4.69, 9.17) is 10.5 Å². The molecule has 0 radical (unpaired) electrons. The van der Waals surface area contributed by atoms with Crippen molar-refractivity contribution >= 4 is 34.1 Å². The number of sulfone groups is 1. The molecule has 0 aliphatic rings. The van der Waals surface area contributed by atoms with Gasteiger partial charge < -0.3 is 26.2 Å². The first-order chi connectivity index (χ1) is 18.0. The second-order valence-corrected chi connectivity index (χ2v) is 12.2. The van der Waals surface area contributed by atoms with Crippen LogP contribution in [0.3, 0.4) is 0 Å². The molecule has 2 aromatic carbocycles. The second-order valence-electron chi connectivity index (χ2n) is 10.0. The first kappa shape index (κ1) is 34.4. The van der Waals surface area contributed by atoms with E-state index < -0.39 is 51.9 Å². The molecule has 0 bridgehead atoms. The van der Waals surface area contributed by atoms with Gasteiger partial charge >= 0.3 is 0 Å². The van der Waals surface area contributed by atoms with Gasteiger partial charge in [-0.15, -0.1) is 12.4 Å². The zero-order valence-corrected chi connectivity index (χ0v) is 24.5. The van der Waals surface area contributed by atoms with Crippen molar-refractivity contribution in [2.75, 3.05) is 25.2 Å². The molecule has 0 fully saturated rings. The van der Waals surface area contributed by atoms with E-state index in [2.05, 4.69) is 10.6 Å². The summed E-state index contributed by atoms with van der Waals surface area (Å²) in [5.74, 6) is -2.16. The van der Waals surface area contributed by atoms with Crippen LogP contribution in [0.5, 0.6) is 5.75 Å². The van der Waals surface area contributed by atoms with Crippen LogP contribution in [0.4, 0.5) is 0 Å². The number of hydrogen-bond acceptors (Lipinski definition) is 7. The highest BCUT2D eigenvalue weighted by molar-refractivity contribution is 7.91. The van der Waals surface area contributed by atoms with Gasteiger partial charge in [-0.1, -0.05) is 56.3 Å². The van der Waals surface area contributed by atoms with Crippen molar-refractivity contribution in [1.29, 1.82) is 0 Å². The number of rotatable bonds is 17. The molecule has 218 valence electrons. The predicted octanol–water partition coefficient (Wildman–Crippen LogP) is 2.25. The number of halogens is 1. The van der Waals surface area contributed by atoms with Gasteiger partial charge in [0.15, 0.2) is 9.84 Å². The van der Waals surface area contributed by atoms with Crippen molar-refractivity contribution in [2.45, 2.75) is 51.8 Å². The molecule has 39 heavy (non-hydrogen) atoms. The minimum absolute atomic E-state index is 0. The standard InChI is InChI=1S/C28H41N3O6S.ClH/c1-20(2)12-13-38(35,36)19-23(16-27(29)33)28(34)31-25(15-21-8-5-4-6-9-21)26(32)18-30-17-22-10-7-11-24(14-22)37-3;/h4-11,14,20,23,25-26,30,32H,12-13,15-19H2,1-3H3,(H2,29,33)(H,31,34);1H/t23?,25-,26+;/m0./s1. The Morgan fingerprint density at radius 1 is 1.05 bits per heavy atom. The fourth-order valence-electron chi connectivity index (χ4n) is 4.02. The third-order valence-electron chi connectivity index (χ3n) is 6.19. The highest BCUT2D eigenvalue weighted by Gasteiger charge is 2.30. The Labute approximate surface area is 238 Å². The topological polar surface area (TPSA) is 148 Å². The Kier molecular flexibility index (Phi) is 15.1. The lowest BCUT2D eigenvalue weighted by Crippen LogP contribution is -2.51. The van der Waals surface area contributed by atoms with Crippen molar-refractivity contribution < 1.29 is 27.9 Å². The lowest BCUT2D eigenvalue weighted by molar-refractivity contribution is -0.129. The number of nitrogens with one attached hydrogen (secondary N) is 2. The highest BCUT2D eigenvalue weighted by Crippen LogP contribution is 2.15. The Bertz CT molecular complexity index is 1130. The zero-order chi connectivity index (χ0) is 28.1. The van der Waals surface area contributed by atoms with Crippen LogP contribution >= 0.6 is 12.4 Å². The molecule has 3 atom stereocenters. The molecule has 0 aliphatic heterocycles. The average Bonchev–Trinajstić information content (AvgIpc) is 2.87. The summed E-state index contributed by atoms with van der Waals surface area (Å²) >= 11 is 0. The van der Waals surface area contributed by atoms with E-state index >= 15 is 0 Å². The lowest BCUT2D eigenvalue weighted by atomic mass is 9.99. The van der Waals surface area contributed by atoms with E-state index in [-0.39, 0.29) is 30.6 Å². The van der Waals surface area contributed by atoms with Gasteiger partial charge in [0.1, 0.15) is 5.75 Å². The van der Waals surface area contributed by atoms with E-state index in [0.717, 1.165) is 16.9 Å². The van der Waals surface area contributed by atoms with Crippen molar-refractivity contribution in [3.63, 3.8) is 0 Å². The lowest BCUT2D eigenvalue weighted by Gasteiger charge is -2.27. The van der Waals surface area contributed by atoms with Crippen LogP contribution in [0.15, 0.2) is 54.6 Å². The maximum absolute atomic E-state index is 13.2. The Morgan fingerprint density at radius 3 is 2.33 bits per heavy atom. The molecule has 0 heterocycles. The Morgan fingerprint density at radius 2 is 1.72 bits per heavy atom. The van der Waals surface area contributed by atoms with Gasteiger partial charge in [-0.25, -0.2) is 8.42 Å². The SMILES string of the molecule is COc1cccc(CNC[C@@H](O)[C@H](Cc2ccccc2)NC(=O)C(CC(N)=O)CS(=O)(=O)CCC(C)C)c1.Cl. The van der Waals surface area contributed by atoms with Gasteiger partial charge in [0.2, 0.25) is 11.8 Å².